The highest BCUT2D eigenvalue weighted by atomic mass is 19.1. The van der Waals surface area contributed by atoms with Crippen molar-refractivity contribution in [3.63, 3.8) is 0 Å². The largest absolute Gasteiger partial charge is 0.306 e. The van der Waals surface area contributed by atoms with E-state index < -0.39 is 5.72 Å². The zero-order valence-corrected chi connectivity index (χ0v) is 25.8. The Kier molecular flexibility index (Phi) is 14.5. The van der Waals surface area contributed by atoms with E-state index in [0.29, 0.717) is 18.8 Å². The molecule has 6 nitrogen and oxygen atoms in total. The van der Waals surface area contributed by atoms with Crippen molar-refractivity contribution in [1.82, 2.24) is 10.4 Å². The highest BCUT2D eigenvalue weighted by Gasteiger charge is 2.33. The molecule has 0 spiro atoms. The van der Waals surface area contributed by atoms with Crippen molar-refractivity contribution in [2.75, 3.05) is 26.7 Å². The molecule has 0 aromatic carbocycles. The first-order chi connectivity index (χ1) is 19.1. The van der Waals surface area contributed by atoms with E-state index in [2.05, 4.69) is 68.1 Å². The molecule has 1 saturated heterocycles. The molecule has 0 amide bonds. The summed E-state index contributed by atoms with van der Waals surface area (Å²) in [5.41, 5.74) is 6.08. The summed E-state index contributed by atoms with van der Waals surface area (Å²) in [7, 11) is 2.18. The van der Waals surface area contributed by atoms with E-state index in [1.165, 1.54) is 25.9 Å². The molecule has 0 aromatic heterocycles. The number of halogens is 1. The number of likely N-dealkylation sites (tertiary alicyclic amines) is 1. The number of rotatable bonds is 5. The van der Waals surface area contributed by atoms with E-state index in [1.54, 1.807) is 6.34 Å². The van der Waals surface area contributed by atoms with Crippen molar-refractivity contribution in [1.29, 1.82) is 0 Å². The number of carbonyl (C=O) groups is 1. The van der Waals surface area contributed by atoms with Crippen LogP contribution in [0.15, 0.2) is 69.0 Å². The molecule has 3 aliphatic heterocycles. The molecule has 3 unspecified atom stereocenters. The SMILES string of the molecule is CC(C)C1=NCC(CC=O)=C1.CC1(C2=CCC(C3=C(F)CCC=C3)C=C2)N=CNO1.CC1CCN(C)C1.CCC. The number of carbonyl (C=O) groups excluding carboxylic acids is 1. The van der Waals surface area contributed by atoms with Crippen LogP contribution in [0.5, 0.6) is 0 Å². The van der Waals surface area contributed by atoms with Gasteiger partial charge in [0.15, 0.2) is 0 Å². The maximum Gasteiger partial charge on any atom is 0.209 e. The second kappa shape index (κ2) is 17.2. The summed E-state index contributed by atoms with van der Waals surface area (Å²) in [4.78, 5) is 26.5. The van der Waals surface area contributed by atoms with Gasteiger partial charge in [-0.1, -0.05) is 71.4 Å². The quantitative estimate of drug-likeness (QED) is 0.361. The Morgan fingerprint density at radius 2 is 2.05 bits per heavy atom. The molecular weight excluding hydrogens is 503 g/mol. The Labute approximate surface area is 241 Å². The molecule has 0 bridgehead atoms. The molecule has 5 aliphatic rings. The van der Waals surface area contributed by atoms with E-state index >= 15 is 0 Å². The van der Waals surface area contributed by atoms with Crippen LogP contribution >= 0.6 is 0 Å². The number of aldehydes is 1. The summed E-state index contributed by atoms with van der Waals surface area (Å²) in [5.74, 6) is 1.59. The van der Waals surface area contributed by atoms with Gasteiger partial charge in [-0.05, 0) is 68.8 Å². The van der Waals surface area contributed by atoms with Gasteiger partial charge in [-0.15, -0.1) is 0 Å². The molecule has 1 fully saturated rings. The van der Waals surface area contributed by atoms with Gasteiger partial charge in [-0.3, -0.25) is 10.5 Å². The molecule has 0 radical (unpaired) electrons. The van der Waals surface area contributed by atoms with Crippen molar-refractivity contribution in [2.24, 2.45) is 27.7 Å². The van der Waals surface area contributed by atoms with Crippen LogP contribution in [-0.2, 0) is 9.63 Å². The molecular formula is C33H51FN4O2. The van der Waals surface area contributed by atoms with E-state index in [4.69, 9.17) is 4.84 Å². The second-order valence-electron chi connectivity index (χ2n) is 11.6. The average Bonchev–Trinajstić information content (AvgIpc) is 3.68. The Bertz CT molecular complexity index is 1030. The lowest BCUT2D eigenvalue weighted by Crippen LogP contribution is -2.28. The molecule has 0 aromatic rings. The van der Waals surface area contributed by atoms with Crippen LogP contribution in [0.25, 0.3) is 0 Å². The zero-order valence-electron chi connectivity index (χ0n) is 25.8. The number of allylic oxidation sites excluding steroid dienone is 7. The van der Waals surface area contributed by atoms with Gasteiger partial charge in [0.05, 0.1) is 6.54 Å². The number of nitrogens with zero attached hydrogens (tertiary/aromatic N) is 3. The first-order valence-corrected chi connectivity index (χ1v) is 14.9. The Morgan fingerprint density at radius 3 is 2.50 bits per heavy atom. The van der Waals surface area contributed by atoms with Gasteiger partial charge in [0.2, 0.25) is 5.72 Å². The van der Waals surface area contributed by atoms with Gasteiger partial charge >= 0.3 is 0 Å². The van der Waals surface area contributed by atoms with Gasteiger partial charge < -0.3 is 9.69 Å². The molecule has 1 N–H and O–H groups in total. The highest BCUT2D eigenvalue weighted by molar-refractivity contribution is 5.99. The summed E-state index contributed by atoms with van der Waals surface area (Å²) < 4.78 is 13.8. The normalized spacial score (nSPS) is 27.0. The molecule has 7 heteroatoms. The van der Waals surface area contributed by atoms with E-state index in [9.17, 15) is 9.18 Å². The Morgan fingerprint density at radius 1 is 1.30 bits per heavy atom. The predicted molar refractivity (Wildman–Crippen MR) is 166 cm³/mol. The third-order valence-electron chi connectivity index (χ3n) is 7.18. The smallest absolute Gasteiger partial charge is 0.209 e. The highest BCUT2D eigenvalue weighted by Crippen LogP contribution is 2.35. The third kappa shape index (κ3) is 10.7. The monoisotopic (exact) mass is 554 g/mol. The fourth-order valence-corrected chi connectivity index (χ4v) is 4.85. The maximum atomic E-state index is 13.8. The second-order valence-corrected chi connectivity index (χ2v) is 11.6. The molecule has 3 heterocycles. The van der Waals surface area contributed by atoms with Crippen molar-refractivity contribution in [2.45, 2.75) is 85.8 Å². The summed E-state index contributed by atoms with van der Waals surface area (Å²) >= 11 is 0. The fraction of sp³-hybridized carbons (Fsp3) is 0.606. The lowest BCUT2D eigenvalue weighted by Gasteiger charge is -2.25. The predicted octanol–water partition coefficient (Wildman–Crippen LogP) is 7.33. The van der Waals surface area contributed by atoms with Gasteiger partial charge in [-0.2, -0.15) is 0 Å². The van der Waals surface area contributed by atoms with E-state index in [1.807, 2.05) is 37.3 Å². The van der Waals surface area contributed by atoms with Gasteiger partial charge in [0.1, 0.15) is 18.5 Å². The van der Waals surface area contributed by atoms with Crippen molar-refractivity contribution < 1.29 is 14.0 Å². The Hall–Kier alpha value is -2.64. The van der Waals surface area contributed by atoms with Crippen molar-refractivity contribution in [3.8, 4) is 0 Å². The van der Waals surface area contributed by atoms with Gasteiger partial charge in [-0.25, -0.2) is 14.2 Å². The van der Waals surface area contributed by atoms with Crippen LogP contribution in [0.3, 0.4) is 0 Å². The number of hydrogen-bond acceptors (Lipinski definition) is 6. The molecule has 5 rings (SSSR count). The zero-order chi connectivity index (χ0) is 29.5. The van der Waals surface area contributed by atoms with Gasteiger partial charge in [0.25, 0.3) is 0 Å². The fourth-order valence-electron chi connectivity index (χ4n) is 4.85. The Balaban J connectivity index is 0.000000225. The molecule has 0 saturated carbocycles. The van der Waals surface area contributed by atoms with Gasteiger partial charge in [0, 0.05) is 36.6 Å². The van der Waals surface area contributed by atoms with E-state index in [-0.39, 0.29) is 11.7 Å². The molecule has 3 atom stereocenters. The minimum atomic E-state index is -0.656. The summed E-state index contributed by atoms with van der Waals surface area (Å²) in [5, 5.41) is 0. The third-order valence-corrected chi connectivity index (χ3v) is 7.18. The minimum Gasteiger partial charge on any atom is -0.306 e. The lowest BCUT2D eigenvalue weighted by molar-refractivity contribution is -0.107. The first kappa shape index (κ1) is 33.6. The topological polar surface area (TPSA) is 66.3 Å². The number of hydroxylamine groups is 1. The lowest BCUT2D eigenvalue weighted by atomic mass is 9.85. The van der Waals surface area contributed by atoms with Crippen LogP contribution < -0.4 is 5.48 Å². The van der Waals surface area contributed by atoms with Crippen LogP contribution in [0.1, 0.15) is 80.1 Å². The average molecular weight is 555 g/mol. The maximum absolute atomic E-state index is 13.8. The standard InChI is InChI=1S/C15H17FN2O.C9H13NO.C6H13N.C3H8/c1-15(17-10-18-19-15)12-8-6-11(7-9-12)13-4-2-3-5-14(13)16;1-7(2)9-5-8(3-4-11)6-10-9;1-6-3-4-7(2)5-6;1-3-2/h2,4,6,8-11H,3,5,7H2,1H3,(H,17,18);4-5,7H,3,6H2,1-2H3;6H,3-5H2,1-2H3;3H2,1-2H3. The van der Waals surface area contributed by atoms with Crippen LogP contribution in [-0.4, -0.2) is 55.6 Å². The molecule has 2 aliphatic carbocycles. The summed E-state index contributed by atoms with van der Waals surface area (Å²) in [6.07, 6.45) is 19.9. The number of aliphatic imine (C=N–C) groups is 2. The molecule has 222 valence electrons. The van der Waals surface area contributed by atoms with Crippen molar-refractivity contribution in [3.05, 3.63) is 59.0 Å². The molecule has 40 heavy (non-hydrogen) atoms. The minimum absolute atomic E-state index is 0.0250. The van der Waals surface area contributed by atoms with Crippen molar-refractivity contribution >= 4 is 18.3 Å². The van der Waals surface area contributed by atoms with Crippen LogP contribution in [0, 0.1) is 17.8 Å². The summed E-state index contributed by atoms with van der Waals surface area (Å²) in [6, 6.07) is 0. The number of hydrogen-bond donors (Lipinski definition) is 1. The first-order valence-electron chi connectivity index (χ1n) is 14.9. The van der Waals surface area contributed by atoms with Crippen LogP contribution in [0.4, 0.5) is 4.39 Å². The summed E-state index contributed by atoms with van der Waals surface area (Å²) in [6.45, 7) is 16.0. The number of nitrogens with one attached hydrogen (secondary N) is 1. The van der Waals surface area contributed by atoms with Crippen LogP contribution in [0.2, 0.25) is 0 Å². The van der Waals surface area contributed by atoms with E-state index in [0.717, 1.165) is 54.0 Å².